The number of nitrogens with two attached hydrogens (primary N) is 1. The van der Waals surface area contributed by atoms with Crippen molar-refractivity contribution in [3.8, 4) is 0 Å². The molecule has 0 spiro atoms. The zero-order valence-electron chi connectivity index (χ0n) is 11.2. The van der Waals surface area contributed by atoms with Crippen molar-refractivity contribution < 1.29 is 14.3 Å². The molecule has 0 rings (SSSR count). The molecule has 0 saturated heterocycles. The number of carbonyl (C=O) groups excluding carboxylic acids is 2. The van der Waals surface area contributed by atoms with Crippen molar-refractivity contribution in [2.45, 2.75) is 52.9 Å². The van der Waals surface area contributed by atoms with E-state index >= 15 is 0 Å². The Morgan fingerprint density at radius 3 is 2.35 bits per heavy atom. The third-order valence-corrected chi connectivity index (χ3v) is 2.51. The molecule has 1 atom stereocenters. The first-order chi connectivity index (χ1) is 7.95. The molecule has 0 heterocycles. The molecule has 4 heteroatoms. The van der Waals surface area contributed by atoms with Crippen LogP contribution < -0.4 is 5.73 Å². The van der Waals surface area contributed by atoms with Gasteiger partial charge in [0.15, 0.2) is 0 Å². The minimum Gasteiger partial charge on any atom is -0.466 e. The first-order valence-corrected chi connectivity index (χ1v) is 6.39. The van der Waals surface area contributed by atoms with Crippen LogP contribution in [0.5, 0.6) is 0 Å². The molecule has 0 aliphatic rings. The van der Waals surface area contributed by atoms with Crippen molar-refractivity contribution in [2.24, 2.45) is 17.6 Å². The van der Waals surface area contributed by atoms with E-state index in [1.807, 2.05) is 6.92 Å². The molecule has 1 amide bonds. The summed E-state index contributed by atoms with van der Waals surface area (Å²) in [5, 5.41) is 0. The van der Waals surface area contributed by atoms with Crippen LogP contribution in [0, 0.1) is 11.8 Å². The van der Waals surface area contributed by atoms with Gasteiger partial charge in [-0.05, 0) is 24.7 Å². The Morgan fingerprint density at radius 1 is 1.24 bits per heavy atom. The average molecular weight is 243 g/mol. The lowest BCUT2D eigenvalue weighted by Gasteiger charge is -2.16. The Labute approximate surface area is 104 Å². The van der Waals surface area contributed by atoms with Crippen molar-refractivity contribution in [3.63, 3.8) is 0 Å². The molecule has 0 aromatic carbocycles. The van der Waals surface area contributed by atoms with Crippen LogP contribution in [0.4, 0.5) is 0 Å². The van der Waals surface area contributed by atoms with Gasteiger partial charge in [-0.15, -0.1) is 0 Å². The number of ether oxygens (including phenoxy) is 1. The second-order valence-corrected chi connectivity index (χ2v) is 4.94. The maximum Gasteiger partial charge on any atom is 0.306 e. The molecular weight excluding hydrogens is 218 g/mol. The van der Waals surface area contributed by atoms with Crippen molar-refractivity contribution >= 4 is 11.9 Å². The lowest BCUT2D eigenvalue weighted by Crippen LogP contribution is -2.21. The Morgan fingerprint density at radius 2 is 1.88 bits per heavy atom. The summed E-state index contributed by atoms with van der Waals surface area (Å²) in [5.41, 5.74) is 5.18. The topological polar surface area (TPSA) is 69.4 Å². The van der Waals surface area contributed by atoms with Crippen molar-refractivity contribution in [1.29, 1.82) is 0 Å². The molecule has 0 saturated carbocycles. The number of hydrogen-bond donors (Lipinski definition) is 1. The molecule has 0 unspecified atom stereocenters. The molecule has 2 N–H and O–H groups in total. The summed E-state index contributed by atoms with van der Waals surface area (Å²) >= 11 is 0. The lowest BCUT2D eigenvalue weighted by molar-refractivity contribution is -0.145. The summed E-state index contributed by atoms with van der Waals surface area (Å²) in [4.78, 5) is 22.4. The highest BCUT2D eigenvalue weighted by atomic mass is 16.5. The van der Waals surface area contributed by atoms with Crippen LogP contribution in [-0.2, 0) is 14.3 Å². The van der Waals surface area contributed by atoms with E-state index in [0.717, 1.165) is 19.3 Å². The highest BCUT2D eigenvalue weighted by molar-refractivity contribution is 5.75. The maximum atomic E-state index is 11.5. The van der Waals surface area contributed by atoms with Gasteiger partial charge in [0.05, 0.1) is 6.61 Å². The Balaban J connectivity index is 4.03. The maximum absolute atomic E-state index is 11.5. The van der Waals surface area contributed by atoms with Gasteiger partial charge in [-0.3, -0.25) is 9.59 Å². The van der Waals surface area contributed by atoms with Crippen LogP contribution >= 0.6 is 0 Å². The van der Waals surface area contributed by atoms with Crippen LogP contribution in [0.25, 0.3) is 0 Å². The summed E-state index contributed by atoms with van der Waals surface area (Å²) in [6.07, 6.45) is 3.28. The fourth-order valence-electron chi connectivity index (χ4n) is 1.81. The minimum absolute atomic E-state index is 0.0154. The molecule has 4 nitrogen and oxygen atoms in total. The highest BCUT2D eigenvalue weighted by Crippen LogP contribution is 2.19. The zero-order valence-corrected chi connectivity index (χ0v) is 11.2. The Hall–Kier alpha value is -1.06. The number of primary amides is 1. The largest absolute Gasteiger partial charge is 0.466 e. The fourth-order valence-corrected chi connectivity index (χ4v) is 1.81. The van der Waals surface area contributed by atoms with Crippen LogP contribution in [-0.4, -0.2) is 18.5 Å². The van der Waals surface area contributed by atoms with Gasteiger partial charge in [0, 0.05) is 12.8 Å². The van der Waals surface area contributed by atoms with Crippen molar-refractivity contribution in [3.05, 3.63) is 0 Å². The molecule has 17 heavy (non-hydrogen) atoms. The smallest absolute Gasteiger partial charge is 0.306 e. The summed E-state index contributed by atoms with van der Waals surface area (Å²) in [6, 6.07) is 0. The second-order valence-electron chi connectivity index (χ2n) is 4.94. The molecule has 0 aromatic rings. The van der Waals surface area contributed by atoms with Crippen LogP contribution in [0.3, 0.4) is 0 Å². The van der Waals surface area contributed by atoms with E-state index in [1.54, 1.807) is 0 Å². The molecule has 0 aliphatic carbocycles. The van der Waals surface area contributed by atoms with Gasteiger partial charge >= 0.3 is 5.97 Å². The first-order valence-electron chi connectivity index (χ1n) is 6.39. The fraction of sp³-hybridized carbons (Fsp3) is 0.846. The molecule has 0 bridgehead atoms. The third kappa shape index (κ3) is 9.85. The Bertz CT molecular complexity index is 239. The van der Waals surface area contributed by atoms with Gasteiger partial charge in [0.25, 0.3) is 0 Å². The van der Waals surface area contributed by atoms with E-state index < -0.39 is 0 Å². The van der Waals surface area contributed by atoms with Gasteiger partial charge < -0.3 is 10.5 Å². The number of rotatable bonds is 9. The van der Waals surface area contributed by atoms with Crippen LogP contribution in [0.2, 0.25) is 0 Å². The van der Waals surface area contributed by atoms with E-state index in [9.17, 15) is 9.59 Å². The van der Waals surface area contributed by atoms with E-state index in [2.05, 4.69) is 13.8 Å². The van der Waals surface area contributed by atoms with E-state index in [1.165, 1.54) is 0 Å². The Kier molecular flexibility index (Phi) is 8.46. The zero-order chi connectivity index (χ0) is 13.3. The van der Waals surface area contributed by atoms with Crippen LogP contribution in [0.1, 0.15) is 52.9 Å². The number of amides is 1. The monoisotopic (exact) mass is 243 g/mol. The van der Waals surface area contributed by atoms with Gasteiger partial charge in [-0.25, -0.2) is 0 Å². The first kappa shape index (κ1) is 15.9. The van der Waals surface area contributed by atoms with E-state index in [0.29, 0.717) is 18.9 Å². The predicted molar refractivity (Wildman–Crippen MR) is 67.2 cm³/mol. The quantitative estimate of drug-likeness (QED) is 0.499. The van der Waals surface area contributed by atoms with E-state index in [4.69, 9.17) is 10.5 Å². The summed E-state index contributed by atoms with van der Waals surface area (Å²) in [6.45, 7) is 6.65. The van der Waals surface area contributed by atoms with Gasteiger partial charge in [-0.2, -0.15) is 0 Å². The van der Waals surface area contributed by atoms with Gasteiger partial charge in [0.1, 0.15) is 0 Å². The van der Waals surface area contributed by atoms with Crippen LogP contribution in [0.15, 0.2) is 0 Å². The molecule has 0 aliphatic heterocycles. The highest BCUT2D eigenvalue weighted by Gasteiger charge is 2.18. The molecular formula is C13H25NO3. The third-order valence-electron chi connectivity index (χ3n) is 2.51. The normalized spacial score (nSPS) is 12.5. The number of carbonyl (C=O) groups is 2. The molecule has 0 fully saturated rings. The number of esters is 1. The SMILES string of the molecule is CCCCOC(=O)C[C@@H](CC(N)=O)CC(C)C. The lowest BCUT2D eigenvalue weighted by atomic mass is 9.91. The minimum atomic E-state index is -0.350. The predicted octanol–water partition coefficient (Wildman–Crippen LogP) is 2.26. The molecule has 0 radical (unpaired) electrons. The van der Waals surface area contributed by atoms with Crippen molar-refractivity contribution in [2.75, 3.05) is 6.61 Å². The van der Waals surface area contributed by atoms with Gasteiger partial charge in [0.2, 0.25) is 5.91 Å². The standard InChI is InChI=1S/C13H25NO3/c1-4-5-6-17-13(16)9-11(7-10(2)3)8-12(14)15/h10-11H,4-9H2,1-3H3,(H2,14,15)/t11-/m1/s1. The number of unbranched alkanes of at least 4 members (excludes halogenated alkanes) is 1. The summed E-state index contributed by atoms with van der Waals surface area (Å²) < 4.78 is 5.09. The van der Waals surface area contributed by atoms with E-state index in [-0.39, 0.29) is 24.2 Å². The number of hydrogen-bond acceptors (Lipinski definition) is 3. The van der Waals surface area contributed by atoms with Gasteiger partial charge in [-0.1, -0.05) is 27.2 Å². The molecule has 100 valence electrons. The average Bonchev–Trinajstić information content (AvgIpc) is 2.15. The second kappa shape index (κ2) is 9.02. The molecule has 0 aromatic heterocycles. The summed E-state index contributed by atoms with van der Waals surface area (Å²) in [7, 11) is 0. The van der Waals surface area contributed by atoms with Crippen molar-refractivity contribution in [1.82, 2.24) is 0 Å². The summed E-state index contributed by atoms with van der Waals surface area (Å²) in [5.74, 6) is -0.105.